The first-order chi connectivity index (χ1) is 12.9. The Balaban J connectivity index is 1.64. The van der Waals surface area contributed by atoms with Crippen molar-refractivity contribution < 1.29 is 13.2 Å². The van der Waals surface area contributed by atoms with E-state index in [9.17, 15) is 13.2 Å². The number of anilines is 1. The number of carbonyl (C=O) groups is 1. The molecule has 0 N–H and O–H groups in total. The van der Waals surface area contributed by atoms with E-state index in [1.807, 2.05) is 44.2 Å². The number of rotatable bonds is 6. The molecule has 1 aromatic heterocycles. The molecule has 0 bridgehead atoms. The summed E-state index contributed by atoms with van der Waals surface area (Å²) in [5.74, 6) is 0.0401. The van der Waals surface area contributed by atoms with Crippen LogP contribution in [0, 0.1) is 0 Å². The Morgan fingerprint density at radius 2 is 1.78 bits per heavy atom. The standard InChI is InChI=1S/C19H25N3O3S2/c1-3-22(17-8-5-4-6-9-17)19(23)16(2)20-11-13-21(14-12-20)27(24,25)18-10-7-15-26-18/h4-10,15-16H,3,11-14H2,1-2H3/t16-/m0/s1. The minimum Gasteiger partial charge on any atom is -0.311 e. The average Bonchev–Trinajstić information content (AvgIpc) is 3.24. The SMILES string of the molecule is CCN(C(=O)[C@H](C)N1CCN(S(=O)(=O)c2cccs2)CC1)c1ccccc1. The third kappa shape index (κ3) is 4.24. The van der Waals surface area contributed by atoms with Gasteiger partial charge in [0.05, 0.1) is 6.04 Å². The Labute approximate surface area is 165 Å². The molecule has 1 fully saturated rings. The molecule has 8 heteroatoms. The lowest BCUT2D eigenvalue weighted by atomic mass is 10.2. The van der Waals surface area contributed by atoms with Crippen molar-refractivity contribution >= 4 is 33.0 Å². The van der Waals surface area contributed by atoms with Crippen LogP contribution < -0.4 is 4.90 Å². The molecule has 1 aromatic carbocycles. The normalized spacial score (nSPS) is 17.6. The van der Waals surface area contributed by atoms with Gasteiger partial charge in [-0.25, -0.2) is 8.42 Å². The van der Waals surface area contributed by atoms with Gasteiger partial charge in [0.15, 0.2) is 0 Å². The highest BCUT2D eigenvalue weighted by Crippen LogP contribution is 2.23. The lowest BCUT2D eigenvalue weighted by Gasteiger charge is -2.38. The van der Waals surface area contributed by atoms with Gasteiger partial charge in [-0.05, 0) is 37.4 Å². The highest BCUT2D eigenvalue weighted by molar-refractivity contribution is 7.91. The minimum absolute atomic E-state index is 0.0401. The molecule has 27 heavy (non-hydrogen) atoms. The summed E-state index contributed by atoms with van der Waals surface area (Å²) >= 11 is 1.24. The van der Waals surface area contributed by atoms with Crippen LogP contribution >= 0.6 is 11.3 Å². The molecule has 0 radical (unpaired) electrons. The van der Waals surface area contributed by atoms with Crippen LogP contribution in [0.1, 0.15) is 13.8 Å². The Morgan fingerprint density at radius 1 is 1.11 bits per heavy atom. The lowest BCUT2D eigenvalue weighted by molar-refractivity contribution is -0.123. The molecule has 146 valence electrons. The maximum atomic E-state index is 13.0. The second-order valence-corrected chi connectivity index (χ2v) is 9.58. The van der Waals surface area contributed by atoms with E-state index in [1.165, 1.54) is 15.6 Å². The van der Waals surface area contributed by atoms with Crippen LogP contribution in [0.15, 0.2) is 52.1 Å². The van der Waals surface area contributed by atoms with Gasteiger partial charge in [0.25, 0.3) is 10.0 Å². The van der Waals surface area contributed by atoms with Crippen LogP contribution in [0.2, 0.25) is 0 Å². The minimum atomic E-state index is -3.42. The molecule has 1 atom stereocenters. The molecule has 6 nitrogen and oxygen atoms in total. The van der Waals surface area contributed by atoms with Gasteiger partial charge in [-0.3, -0.25) is 9.69 Å². The maximum Gasteiger partial charge on any atom is 0.252 e. The fraction of sp³-hybridized carbons (Fsp3) is 0.421. The van der Waals surface area contributed by atoms with Gasteiger partial charge in [0.2, 0.25) is 5.91 Å². The number of hydrogen-bond donors (Lipinski definition) is 0. The quantitative estimate of drug-likeness (QED) is 0.738. The van der Waals surface area contributed by atoms with E-state index in [0.29, 0.717) is 36.9 Å². The molecule has 2 heterocycles. The van der Waals surface area contributed by atoms with E-state index in [-0.39, 0.29) is 11.9 Å². The highest BCUT2D eigenvalue weighted by Gasteiger charge is 2.33. The van der Waals surface area contributed by atoms with Crippen molar-refractivity contribution in [2.75, 3.05) is 37.6 Å². The van der Waals surface area contributed by atoms with Gasteiger partial charge in [-0.2, -0.15) is 4.31 Å². The van der Waals surface area contributed by atoms with E-state index < -0.39 is 10.0 Å². The van der Waals surface area contributed by atoms with Gasteiger partial charge < -0.3 is 4.90 Å². The topological polar surface area (TPSA) is 60.9 Å². The Morgan fingerprint density at radius 3 is 2.33 bits per heavy atom. The van der Waals surface area contributed by atoms with Gasteiger partial charge >= 0.3 is 0 Å². The summed E-state index contributed by atoms with van der Waals surface area (Å²) in [6.45, 7) is 6.35. The number of piperazine rings is 1. The number of para-hydroxylation sites is 1. The van der Waals surface area contributed by atoms with E-state index in [0.717, 1.165) is 5.69 Å². The fourth-order valence-electron chi connectivity index (χ4n) is 3.32. The molecule has 1 aliphatic rings. The number of thiophene rings is 1. The fourth-order valence-corrected chi connectivity index (χ4v) is 5.89. The van der Waals surface area contributed by atoms with Crippen molar-refractivity contribution in [3.05, 3.63) is 47.8 Å². The summed E-state index contributed by atoms with van der Waals surface area (Å²) < 4.78 is 27.2. The largest absolute Gasteiger partial charge is 0.311 e. The van der Waals surface area contributed by atoms with Gasteiger partial charge in [0.1, 0.15) is 4.21 Å². The number of likely N-dealkylation sites (N-methyl/N-ethyl adjacent to an activating group) is 1. The summed E-state index contributed by atoms with van der Waals surface area (Å²) in [4.78, 5) is 16.8. The van der Waals surface area contributed by atoms with Crippen LogP contribution in [0.25, 0.3) is 0 Å². The summed E-state index contributed by atoms with van der Waals surface area (Å²) in [6, 6.07) is 12.7. The molecule has 1 saturated heterocycles. The molecule has 2 aromatic rings. The van der Waals surface area contributed by atoms with Crippen LogP contribution in [-0.4, -0.2) is 62.3 Å². The molecule has 0 saturated carbocycles. The summed E-state index contributed by atoms with van der Waals surface area (Å²) in [5, 5.41) is 1.77. The zero-order valence-electron chi connectivity index (χ0n) is 15.6. The Kier molecular flexibility index (Phi) is 6.31. The number of hydrogen-bond acceptors (Lipinski definition) is 5. The second-order valence-electron chi connectivity index (χ2n) is 6.47. The Hall–Kier alpha value is -1.74. The van der Waals surface area contributed by atoms with Crippen molar-refractivity contribution in [2.24, 2.45) is 0 Å². The third-order valence-electron chi connectivity index (χ3n) is 4.92. The number of nitrogens with zero attached hydrogens (tertiary/aromatic N) is 3. The molecular formula is C19H25N3O3S2. The van der Waals surface area contributed by atoms with Crippen LogP contribution in [0.4, 0.5) is 5.69 Å². The average molecular weight is 408 g/mol. The molecule has 1 aliphatic heterocycles. The summed E-state index contributed by atoms with van der Waals surface area (Å²) in [7, 11) is -3.42. The zero-order chi connectivity index (χ0) is 19.4. The molecular weight excluding hydrogens is 382 g/mol. The van der Waals surface area contributed by atoms with E-state index in [2.05, 4.69) is 4.90 Å². The van der Waals surface area contributed by atoms with Gasteiger partial charge in [-0.1, -0.05) is 24.3 Å². The predicted molar refractivity (Wildman–Crippen MR) is 109 cm³/mol. The van der Waals surface area contributed by atoms with Crippen molar-refractivity contribution in [3.63, 3.8) is 0 Å². The predicted octanol–water partition coefficient (Wildman–Crippen LogP) is 2.50. The molecule has 0 unspecified atom stereocenters. The summed E-state index contributed by atoms with van der Waals surface area (Å²) in [6.07, 6.45) is 0. The lowest BCUT2D eigenvalue weighted by Crippen LogP contribution is -2.55. The Bertz CT molecular complexity index is 846. The number of amides is 1. The van der Waals surface area contributed by atoms with E-state index >= 15 is 0 Å². The van der Waals surface area contributed by atoms with Gasteiger partial charge in [0, 0.05) is 38.4 Å². The third-order valence-corrected chi connectivity index (χ3v) is 8.19. The van der Waals surface area contributed by atoms with Crippen molar-refractivity contribution in [1.82, 2.24) is 9.21 Å². The first kappa shape index (κ1) is 20.0. The highest BCUT2D eigenvalue weighted by atomic mass is 32.2. The van der Waals surface area contributed by atoms with Crippen molar-refractivity contribution in [2.45, 2.75) is 24.1 Å². The monoisotopic (exact) mass is 407 g/mol. The van der Waals surface area contributed by atoms with E-state index in [1.54, 1.807) is 22.4 Å². The van der Waals surface area contributed by atoms with E-state index in [4.69, 9.17) is 0 Å². The summed E-state index contributed by atoms with van der Waals surface area (Å²) in [5.41, 5.74) is 0.885. The smallest absolute Gasteiger partial charge is 0.252 e. The molecule has 1 amide bonds. The van der Waals surface area contributed by atoms with Crippen molar-refractivity contribution in [3.8, 4) is 0 Å². The number of benzene rings is 1. The van der Waals surface area contributed by atoms with Crippen LogP contribution in [0.5, 0.6) is 0 Å². The van der Waals surface area contributed by atoms with Crippen LogP contribution in [-0.2, 0) is 14.8 Å². The van der Waals surface area contributed by atoms with Crippen molar-refractivity contribution in [1.29, 1.82) is 0 Å². The first-order valence-electron chi connectivity index (χ1n) is 9.09. The molecule has 0 aliphatic carbocycles. The second kappa shape index (κ2) is 8.52. The number of carbonyl (C=O) groups excluding carboxylic acids is 1. The first-order valence-corrected chi connectivity index (χ1v) is 11.4. The van der Waals surface area contributed by atoms with Crippen LogP contribution in [0.3, 0.4) is 0 Å². The van der Waals surface area contributed by atoms with Gasteiger partial charge in [-0.15, -0.1) is 11.3 Å². The molecule has 0 spiro atoms. The maximum absolute atomic E-state index is 13.0. The number of sulfonamides is 1. The zero-order valence-corrected chi connectivity index (χ0v) is 17.2. The molecule has 3 rings (SSSR count).